The molecule has 4 atom stereocenters. The zero-order valence-electron chi connectivity index (χ0n) is 28.2. The van der Waals surface area contributed by atoms with E-state index in [-0.39, 0.29) is 36.2 Å². The van der Waals surface area contributed by atoms with Crippen LogP contribution in [0.2, 0.25) is 0 Å². The Kier molecular flexibility index (Phi) is 13.4. The SMILES string of the molecule is C[C@H](CO)N1C[C@H](C)[C@H](CN(C)Cc2ccc(C(=O)O)cc2)OCCCC[C@H](C)Oc2ccc(NC(=O)Nc3ccccc3)cc2C1=O. The number of anilines is 2. The monoisotopic (exact) mass is 660 g/mol. The Labute approximate surface area is 282 Å². The number of amides is 3. The molecule has 1 aliphatic rings. The molecule has 11 heteroatoms. The molecular weight excluding hydrogens is 612 g/mol. The number of likely N-dealkylation sites (N-methyl/N-ethyl adjacent to an activating group) is 1. The zero-order chi connectivity index (χ0) is 34.6. The average molecular weight is 661 g/mol. The summed E-state index contributed by atoms with van der Waals surface area (Å²) in [6, 6.07) is 20.0. The van der Waals surface area contributed by atoms with E-state index >= 15 is 0 Å². The van der Waals surface area contributed by atoms with Crippen molar-refractivity contribution < 1.29 is 34.1 Å². The van der Waals surface area contributed by atoms with E-state index in [0.29, 0.717) is 48.9 Å². The maximum Gasteiger partial charge on any atom is 0.335 e. The summed E-state index contributed by atoms with van der Waals surface area (Å²) in [4.78, 5) is 42.2. The molecule has 0 saturated carbocycles. The molecule has 0 fully saturated rings. The maximum absolute atomic E-state index is 14.3. The number of fused-ring (bicyclic) bond motifs is 1. The number of hydrogen-bond acceptors (Lipinski definition) is 7. The number of ether oxygens (including phenoxy) is 2. The fraction of sp³-hybridized carbons (Fsp3) is 0.432. The molecule has 3 aromatic rings. The van der Waals surface area contributed by atoms with Crippen molar-refractivity contribution in [1.82, 2.24) is 9.80 Å². The predicted octanol–water partition coefficient (Wildman–Crippen LogP) is 5.96. The van der Waals surface area contributed by atoms with E-state index in [9.17, 15) is 24.6 Å². The van der Waals surface area contributed by atoms with Crippen molar-refractivity contribution in [3.8, 4) is 5.75 Å². The number of nitrogens with zero attached hydrogens (tertiary/aromatic N) is 2. The lowest BCUT2D eigenvalue weighted by Crippen LogP contribution is -2.47. The third kappa shape index (κ3) is 10.5. The lowest BCUT2D eigenvalue weighted by atomic mass is 10.0. The highest BCUT2D eigenvalue weighted by Crippen LogP contribution is 2.29. The van der Waals surface area contributed by atoms with E-state index in [2.05, 4.69) is 15.5 Å². The minimum atomic E-state index is -0.960. The molecule has 11 nitrogen and oxygen atoms in total. The van der Waals surface area contributed by atoms with Crippen LogP contribution >= 0.6 is 0 Å². The van der Waals surface area contributed by atoms with Crippen molar-refractivity contribution in [2.45, 2.75) is 64.8 Å². The topological polar surface area (TPSA) is 141 Å². The first-order valence-electron chi connectivity index (χ1n) is 16.5. The van der Waals surface area contributed by atoms with Gasteiger partial charge < -0.3 is 35.2 Å². The van der Waals surface area contributed by atoms with E-state index in [4.69, 9.17) is 9.47 Å². The number of urea groups is 1. The Morgan fingerprint density at radius 3 is 2.40 bits per heavy atom. The quantitative estimate of drug-likeness (QED) is 0.221. The molecule has 0 radical (unpaired) electrons. The number of aliphatic hydroxyl groups excluding tert-OH is 1. The summed E-state index contributed by atoms with van der Waals surface area (Å²) in [7, 11) is 1.99. The van der Waals surface area contributed by atoms with Crippen LogP contribution in [0.3, 0.4) is 0 Å². The molecule has 4 rings (SSSR count). The van der Waals surface area contributed by atoms with Gasteiger partial charge in [0.1, 0.15) is 5.75 Å². The smallest absolute Gasteiger partial charge is 0.335 e. The third-order valence-electron chi connectivity index (χ3n) is 8.49. The van der Waals surface area contributed by atoms with Crippen LogP contribution in [-0.4, -0.2) is 89.5 Å². The summed E-state index contributed by atoms with van der Waals surface area (Å²) >= 11 is 0. The number of hydrogen-bond donors (Lipinski definition) is 4. The second-order valence-corrected chi connectivity index (χ2v) is 12.7. The standard InChI is InChI=1S/C37H48N4O7/c1-25-21-41(26(2)24-42)35(43)32-20-31(39-37(46)38-30-11-6-5-7-12-30)17-18-33(32)48-27(3)10-8-9-19-47-34(25)23-40(4)22-28-13-15-29(16-14-28)36(44)45/h5-7,11-18,20,25-27,34,42H,8-10,19,21-24H2,1-4H3,(H,44,45)(H2,38,39,46)/t25-,26+,27-,34-/m0/s1. The molecule has 1 aliphatic heterocycles. The molecule has 48 heavy (non-hydrogen) atoms. The van der Waals surface area contributed by atoms with Gasteiger partial charge in [0, 0.05) is 43.5 Å². The Hall–Kier alpha value is -4.45. The lowest BCUT2D eigenvalue weighted by Gasteiger charge is -2.36. The van der Waals surface area contributed by atoms with E-state index in [1.807, 2.05) is 51.2 Å². The number of benzene rings is 3. The van der Waals surface area contributed by atoms with Crippen LogP contribution in [0.4, 0.5) is 16.2 Å². The van der Waals surface area contributed by atoms with Gasteiger partial charge in [-0.2, -0.15) is 0 Å². The van der Waals surface area contributed by atoms with E-state index in [1.54, 1.807) is 54.3 Å². The lowest BCUT2D eigenvalue weighted by molar-refractivity contribution is -0.0177. The zero-order valence-corrected chi connectivity index (χ0v) is 28.2. The second-order valence-electron chi connectivity index (χ2n) is 12.7. The molecular formula is C37H48N4O7. The minimum absolute atomic E-state index is 0.107. The predicted molar refractivity (Wildman–Crippen MR) is 186 cm³/mol. The molecule has 4 N–H and O–H groups in total. The first-order valence-corrected chi connectivity index (χ1v) is 16.5. The molecule has 0 aromatic heterocycles. The van der Waals surface area contributed by atoms with Gasteiger partial charge in [-0.1, -0.05) is 37.3 Å². The van der Waals surface area contributed by atoms with E-state index in [1.165, 1.54) is 0 Å². The van der Waals surface area contributed by atoms with Crippen LogP contribution in [0.5, 0.6) is 5.75 Å². The molecule has 3 aromatic carbocycles. The van der Waals surface area contributed by atoms with Crippen molar-refractivity contribution >= 4 is 29.3 Å². The Morgan fingerprint density at radius 1 is 1.00 bits per heavy atom. The van der Waals surface area contributed by atoms with Gasteiger partial charge in [0.15, 0.2) is 0 Å². The van der Waals surface area contributed by atoms with Gasteiger partial charge in [0.2, 0.25) is 0 Å². The number of rotatable bonds is 9. The first-order chi connectivity index (χ1) is 23.0. The normalized spacial score (nSPS) is 19.8. The highest BCUT2D eigenvalue weighted by atomic mass is 16.5. The van der Waals surface area contributed by atoms with Crippen LogP contribution in [-0.2, 0) is 11.3 Å². The van der Waals surface area contributed by atoms with Gasteiger partial charge >= 0.3 is 12.0 Å². The highest BCUT2D eigenvalue weighted by molar-refractivity contribution is 6.02. The summed E-state index contributed by atoms with van der Waals surface area (Å²) in [5, 5.41) is 25.1. The highest BCUT2D eigenvalue weighted by Gasteiger charge is 2.30. The molecule has 0 spiro atoms. The van der Waals surface area contributed by atoms with Crippen LogP contribution in [0, 0.1) is 5.92 Å². The summed E-state index contributed by atoms with van der Waals surface area (Å²) in [6.45, 7) is 7.63. The van der Waals surface area contributed by atoms with Crippen molar-refractivity contribution in [2.24, 2.45) is 5.92 Å². The number of aliphatic hydroxyl groups is 1. The van der Waals surface area contributed by atoms with Crippen LogP contribution in [0.1, 0.15) is 66.3 Å². The van der Waals surface area contributed by atoms with Crippen LogP contribution in [0.15, 0.2) is 72.8 Å². The van der Waals surface area contributed by atoms with Gasteiger partial charge in [0.05, 0.1) is 36.0 Å². The van der Waals surface area contributed by atoms with Crippen LogP contribution < -0.4 is 15.4 Å². The number of nitrogens with one attached hydrogen (secondary N) is 2. The molecule has 0 unspecified atom stereocenters. The maximum atomic E-state index is 14.3. The number of aromatic carboxylic acids is 1. The number of carbonyl (C=O) groups excluding carboxylic acids is 2. The number of para-hydroxylation sites is 1. The second kappa shape index (κ2) is 17.6. The van der Waals surface area contributed by atoms with Crippen molar-refractivity contribution in [2.75, 3.05) is 44.0 Å². The molecule has 0 aliphatic carbocycles. The van der Waals surface area contributed by atoms with E-state index < -0.39 is 18.0 Å². The fourth-order valence-electron chi connectivity index (χ4n) is 5.71. The number of carbonyl (C=O) groups is 3. The average Bonchev–Trinajstić information content (AvgIpc) is 3.06. The van der Waals surface area contributed by atoms with Crippen molar-refractivity contribution in [3.63, 3.8) is 0 Å². The van der Waals surface area contributed by atoms with Gasteiger partial charge in [-0.05, 0) is 88.2 Å². The van der Waals surface area contributed by atoms with Gasteiger partial charge in [-0.15, -0.1) is 0 Å². The van der Waals surface area contributed by atoms with Crippen molar-refractivity contribution in [1.29, 1.82) is 0 Å². The summed E-state index contributed by atoms with van der Waals surface area (Å²) in [5.41, 5.74) is 2.58. The molecule has 1 heterocycles. The van der Waals surface area contributed by atoms with Crippen molar-refractivity contribution in [3.05, 3.63) is 89.5 Å². The summed E-state index contributed by atoms with van der Waals surface area (Å²) in [6.07, 6.45) is 2.10. The Bertz CT molecular complexity index is 1500. The molecule has 3 amide bonds. The van der Waals surface area contributed by atoms with Gasteiger partial charge in [0.25, 0.3) is 5.91 Å². The number of carboxylic acids is 1. The summed E-state index contributed by atoms with van der Waals surface area (Å²) < 4.78 is 12.7. The Morgan fingerprint density at radius 2 is 1.71 bits per heavy atom. The minimum Gasteiger partial charge on any atom is -0.490 e. The van der Waals surface area contributed by atoms with E-state index in [0.717, 1.165) is 24.8 Å². The summed E-state index contributed by atoms with van der Waals surface area (Å²) in [5.74, 6) is -0.968. The largest absolute Gasteiger partial charge is 0.490 e. The first kappa shape index (κ1) is 36.4. The van der Waals surface area contributed by atoms with Gasteiger partial charge in [-0.3, -0.25) is 9.69 Å². The van der Waals surface area contributed by atoms with Crippen LogP contribution in [0.25, 0.3) is 0 Å². The molecule has 258 valence electrons. The van der Waals surface area contributed by atoms with Gasteiger partial charge in [-0.25, -0.2) is 9.59 Å². The fourth-order valence-corrected chi connectivity index (χ4v) is 5.71. The third-order valence-corrected chi connectivity index (χ3v) is 8.49. The number of carboxylic acid groups (broad SMARTS) is 1. The molecule has 0 bridgehead atoms. The molecule has 0 saturated heterocycles. The Balaban J connectivity index is 1.57.